The molecule has 0 radical (unpaired) electrons. The minimum absolute atomic E-state index is 0.105. The van der Waals surface area contributed by atoms with Gasteiger partial charge in [-0.2, -0.15) is 4.98 Å². The summed E-state index contributed by atoms with van der Waals surface area (Å²) in [5.74, 6) is 1.24. The van der Waals surface area contributed by atoms with Gasteiger partial charge in [0.2, 0.25) is 0 Å². The lowest BCUT2D eigenvalue weighted by Gasteiger charge is -2.04. The van der Waals surface area contributed by atoms with Crippen molar-refractivity contribution < 1.29 is 22.8 Å². The van der Waals surface area contributed by atoms with Crippen LogP contribution in [0.15, 0.2) is 22.7 Å². The first-order valence-electron chi connectivity index (χ1n) is 6.22. The number of hydrogen-bond acceptors (Lipinski definition) is 6. The predicted molar refractivity (Wildman–Crippen MR) is 71.2 cm³/mol. The maximum Gasteiger partial charge on any atom is 0.261 e. The van der Waals surface area contributed by atoms with Crippen molar-refractivity contribution in [3.05, 3.63) is 24.0 Å². The standard InChI is InChI=1S/C13H15F2N3O3/c1-19-10-3-2-8(6-9(10)16)13-17-12(18-21-13)4-5-20-7-11(14)15/h2-3,6,11H,4-5,7,16H2,1H3. The molecule has 1 aromatic heterocycles. The van der Waals surface area contributed by atoms with Crippen LogP contribution in [0.2, 0.25) is 0 Å². The Hall–Kier alpha value is -2.22. The van der Waals surface area contributed by atoms with Crippen LogP contribution in [0, 0.1) is 0 Å². The number of hydrogen-bond donors (Lipinski definition) is 1. The van der Waals surface area contributed by atoms with E-state index in [9.17, 15) is 8.78 Å². The van der Waals surface area contributed by atoms with Gasteiger partial charge in [-0.3, -0.25) is 0 Å². The van der Waals surface area contributed by atoms with Crippen molar-refractivity contribution in [2.75, 3.05) is 26.1 Å². The number of methoxy groups -OCH3 is 1. The number of nitrogen functional groups attached to an aromatic ring is 1. The number of benzene rings is 1. The summed E-state index contributed by atoms with van der Waals surface area (Å²) in [7, 11) is 1.52. The number of nitrogens with zero attached hydrogens (tertiary/aromatic N) is 2. The van der Waals surface area contributed by atoms with Crippen LogP contribution in [-0.2, 0) is 11.2 Å². The average molecular weight is 299 g/mol. The van der Waals surface area contributed by atoms with Crippen molar-refractivity contribution in [3.63, 3.8) is 0 Å². The van der Waals surface area contributed by atoms with Crippen molar-refractivity contribution in [2.45, 2.75) is 12.8 Å². The molecule has 0 fully saturated rings. The van der Waals surface area contributed by atoms with E-state index in [1.165, 1.54) is 7.11 Å². The second kappa shape index (κ2) is 6.98. The summed E-state index contributed by atoms with van der Waals surface area (Å²) in [6.45, 7) is -0.492. The SMILES string of the molecule is COc1ccc(-c2nc(CCOCC(F)F)no2)cc1N. The van der Waals surface area contributed by atoms with Crippen LogP contribution in [0.1, 0.15) is 5.82 Å². The number of rotatable bonds is 7. The van der Waals surface area contributed by atoms with Gasteiger partial charge in [0.25, 0.3) is 12.3 Å². The Morgan fingerprint density at radius 2 is 2.19 bits per heavy atom. The third kappa shape index (κ3) is 4.12. The monoisotopic (exact) mass is 299 g/mol. The average Bonchev–Trinajstić information content (AvgIpc) is 2.92. The summed E-state index contributed by atoms with van der Waals surface area (Å²) in [5, 5.41) is 3.76. The van der Waals surface area contributed by atoms with Crippen LogP contribution in [-0.4, -0.2) is 36.9 Å². The molecule has 0 aliphatic heterocycles. The van der Waals surface area contributed by atoms with E-state index in [2.05, 4.69) is 10.1 Å². The summed E-state index contributed by atoms with van der Waals surface area (Å²) in [4.78, 5) is 4.15. The smallest absolute Gasteiger partial charge is 0.261 e. The molecule has 0 unspecified atom stereocenters. The highest BCUT2D eigenvalue weighted by molar-refractivity contribution is 5.65. The largest absolute Gasteiger partial charge is 0.495 e. The second-order valence-electron chi connectivity index (χ2n) is 4.19. The van der Waals surface area contributed by atoms with E-state index in [1.807, 2.05) is 0 Å². The fourth-order valence-electron chi connectivity index (χ4n) is 1.68. The molecule has 0 saturated carbocycles. The van der Waals surface area contributed by atoms with Gasteiger partial charge in [0.05, 0.1) is 19.4 Å². The van der Waals surface area contributed by atoms with Gasteiger partial charge >= 0.3 is 0 Å². The molecule has 0 atom stereocenters. The molecule has 0 saturated heterocycles. The Kier molecular flexibility index (Phi) is 5.04. The highest BCUT2D eigenvalue weighted by atomic mass is 19.3. The number of anilines is 1. The minimum atomic E-state index is -2.48. The van der Waals surface area contributed by atoms with Crippen LogP contribution < -0.4 is 10.5 Å². The Morgan fingerprint density at radius 1 is 1.38 bits per heavy atom. The topological polar surface area (TPSA) is 83.4 Å². The van der Waals surface area contributed by atoms with E-state index in [4.69, 9.17) is 19.7 Å². The summed E-state index contributed by atoms with van der Waals surface area (Å²) in [6, 6.07) is 5.09. The van der Waals surface area contributed by atoms with Gasteiger partial charge in [0, 0.05) is 12.0 Å². The first-order chi connectivity index (χ1) is 10.1. The van der Waals surface area contributed by atoms with Gasteiger partial charge in [-0.1, -0.05) is 5.16 Å². The third-order valence-electron chi connectivity index (χ3n) is 2.66. The van der Waals surface area contributed by atoms with Gasteiger partial charge in [0.1, 0.15) is 12.4 Å². The second-order valence-corrected chi connectivity index (χ2v) is 4.19. The lowest BCUT2D eigenvalue weighted by atomic mass is 10.2. The number of alkyl halides is 2. The number of halogens is 2. The van der Waals surface area contributed by atoms with Crippen LogP contribution in [0.5, 0.6) is 5.75 Å². The van der Waals surface area contributed by atoms with E-state index in [0.717, 1.165) is 0 Å². The lowest BCUT2D eigenvalue weighted by molar-refractivity contribution is 0.0182. The van der Waals surface area contributed by atoms with Gasteiger partial charge in [-0.15, -0.1) is 0 Å². The molecule has 6 nitrogen and oxygen atoms in total. The summed E-state index contributed by atoms with van der Waals surface area (Å²) < 4.78 is 38.7. The molecule has 1 heterocycles. The summed E-state index contributed by atoms with van der Waals surface area (Å²) in [5.41, 5.74) is 6.90. The first kappa shape index (κ1) is 15.2. The zero-order chi connectivity index (χ0) is 15.2. The van der Waals surface area contributed by atoms with Crippen molar-refractivity contribution in [1.29, 1.82) is 0 Å². The van der Waals surface area contributed by atoms with Gasteiger partial charge in [-0.05, 0) is 18.2 Å². The van der Waals surface area contributed by atoms with Crippen LogP contribution in [0.25, 0.3) is 11.5 Å². The van der Waals surface area contributed by atoms with Crippen molar-refractivity contribution in [3.8, 4) is 17.2 Å². The molecule has 21 heavy (non-hydrogen) atoms. The Balaban J connectivity index is 1.97. The molecule has 0 aliphatic rings. The summed E-state index contributed by atoms with van der Waals surface area (Å²) in [6.07, 6.45) is -2.19. The predicted octanol–water partition coefficient (Wildman–Crippen LogP) is 2.15. The zero-order valence-corrected chi connectivity index (χ0v) is 11.4. The van der Waals surface area contributed by atoms with Crippen molar-refractivity contribution in [1.82, 2.24) is 10.1 Å². The fraction of sp³-hybridized carbons (Fsp3) is 0.385. The van der Waals surface area contributed by atoms with E-state index in [1.54, 1.807) is 18.2 Å². The maximum absolute atomic E-state index is 11.9. The van der Waals surface area contributed by atoms with Crippen LogP contribution >= 0.6 is 0 Å². The number of nitrogens with two attached hydrogens (primary N) is 1. The first-order valence-corrected chi connectivity index (χ1v) is 6.22. The highest BCUT2D eigenvalue weighted by Gasteiger charge is 2.11. The normalized spacial score (nSPS) is 11.0. The fourth-order valence-corrected chi connectivity index (χ4v) is 1.68. The van der Waals surface area contributed by atoms with Gasteiger partial charge < -0.3 is 19.7 Å². The van der Waals surface area contributed by atoms with Gasteiger partial charge in [0.15, 0.2) is 5.82 Å². The van der Waals surface area contributed by atoms with Crippen LogP contribution in [0.3, 0.4) is 0 Å². The van der Waals surface area contributed by atoms with Crippen molar-refractivity contribution in [2.24, 2.45) is 0 Å². The van der Waals surface area contributed by atoms with Gasteiger partial charge in [-0.25, -0.2) is 8.78 Å². The third-order valence-corrected chi connectivity index (χ3v) is 2.66. The molecule has 0 spiro atoms. The van der Waals surface area contributed by atoms with E-state index in [0.29, 0.717) is 35.1 Å². The molecule has 2 N–H and O–H groups in total. The minimum Gasteiger partial charge on any atom is -0.495 e. The molecule has 0 aliphatic carbocycles. The lowest BCUT2D eigenvalue weighted by Crippen LogP contribution is -2.07. The molecule has 8 heteroatoms. The molecule has 0 bridgehead atoms. The molecule has 2 aromatic rings. The Bertz CT molecular complexity index is 590. The molecule has 1 aromatic carbocycles. The summed E-state index contributed by atoms with van der Waals surface area (Å²) >= 11 is 0. The maximum atomic E-state index is 11.9. The molecular weight excluding hydrogens is 284 g/mol. The number of ether oxygens (including phenoxy) is 2. The molecule has 114 valence electrons. The van der Waals surface area contributed by atoms with Crippen LogP contribution in [0.4, 0.5) is 14.5 Å². The highest BCUT2D eigenvalue weighted by Crippen LogP contribution is 2.27. The van der Waals surface area contributed by atoms with E-state index < -0.39 is 13.0 Å². The molecule has 0 amide bonds. The van der Waals surface area contributed by atoms with Crippen molar-refractivity contribution >= 4 is 5.69 Å². The Morgan fingerprint density at radius 3 is 2.86 bits per heavy atom. The molecule has 2 rings (SSSR count). The zero-order valence-electron chi connectivity index (χ0n) is 11.4. The van der Waals surface area contributed by atoms with E-state index >= 15 is 0 Å². The molecular formula is C13H15F2N3O3. The number of aromatic nitrogens is 2. The van der Waals surface area contributed by atoms with E-state index in [-0.39, 0.29) is 6.61 Å². The Labute approximate surface area is 119 Å². The quantitative estimate of drug-likeness (QED) is 0.623.